The summed E-state index contributed by atoms with van der Waals surface area (Å²) in [5.74, 6) is -6.49. The molecule has 1 N–H and O–H groups in total. The lowest BCUT2D eigenvalue weighted by atomic mass is 9.96. The van der Waals surface area contributed by atoms with Gasteiger partial charge in [0.1, 0.15) is 6.33 Å². The molecule has 1 amide bonds. The van der Waals surface area contributed by atoms with Crippen LogP contribution in [0.4, 0.5) is 13.2 Å². The summed E-state index contributed by atoms with van der Waals surface area (Å²) in [7, 11) is 0. The number of carboxylic acid groups (broad SMARTS) is 1. The molecule has 1 fully saturated rings. The maximum absolute atomic E-state index is 13.0. The molecular weight excluding hydrogens is 341 g/mol. The first kappa shape index (κ1) is 16.9. The van der Waals surface area contributed by atoms with Gasteiger partial charge in [0.15, 0.2) is 0 Å². The molecule has 1 aliphatic heterocycles. The third-order valence-corrected chi connectivity index (χ3v) is 4.05. The zero-order valence-electron chi connectivity index (χ0n) is 12.7. The Morgan fingerprint density at radius 1 is 1.16 bits per heavy atom. The van der Waals surface area contributed by atoms with Gasteiger partial charge >= 0.3 is 12.1 Å². The number of amides is 1. The number of aromatic nitrogens is 3. The Morgan fingerprint density at radius 2 is 1.84 bits per heavy atom. The Bertz CT molecular complexity index is 791. The number of carbonyl (C=O) groups excluding carboxylic acids is 1. The van der Waals surface area contributed by atoms with Gasteiger partial charge in [-0.05, 0) is 12.1 Å². The van der Waals surface area contributed by atoms with E-state index in [0.29, 0.717) is 5.69 Å². The number of nitrogens with zero attached hydrogens (tertiary/aromatic N) is 4. The Morgan fingerprint density at radius 3 is 2.40 bits per heavy atom. The van der Waals surface area contributed by atoms with Crippen LogP contribution in [0, 0.1) is 11.8 Å². The van der Waals surface area contributed by atoms with E-state index in [1.165, 1.54) is 11.0 Å². The van der Waals surface area contributed by atoms with Crippen LogP contribution in [0.1, 0.15) is 10.6 Å². The maximum atomic E-state index is 13.0. The number of benzene rings is 1. The summed E-state index contributed by atoms with van der Waals surface area (Å²) >= 11 is 0. The number of alkyl halides is 3. The Hall–Kier alpha value is -2.91. The summed E-state index contributed by atoms with van der Waals surface area (Å²) in [5.41, 5.74) is 0.632. The zero-order valence-corrected chi connectivity index (χ0v) is 12.7. The molecule has 10 heteroatoms. The zero-order chi connectivity index (χ0) is 18.2. The first-order valence-electron chi connectivity index (χ1n) is 7.33. The number of likely N-dealkylation sites (tertiary alicyclic amines) is 1. The van der Waals surface area contributed by atoms with Crippen LogP contribution in [0.2, 0.25) is 0 Å². The highest BCUT2D eigenvalue weighted by molar-refractivity contribution is 5.91. The first-order chi connectivity index (χ1) is 11.8. The first-order valence-corrected chi connectivity index (χ1v) is 7.33. The SMILES string of the molecule is O=C(O)[C@@H]1CN(C(=O)c2ncn(-c3ccccc3)n2)C[C@H]1C(F)(F)F. The van der Waals surface area contributed by atoms with Gasteiger partial charge in [0.05, 0.1) is 17.5 Å². The molecule has 0 saturated carbocycles. The van der Waals surface area contributed by atoms with E-state index in [2.05, 4.69) is 10.1 Å². The quantitative estimate of drug-likeness (QED) is 0.905. The molecule has 25 heavy (non-hydrogen) atoms. The summed E-state index contributed by atoms with van der Waals surface area (Å²) < 4.78 is 40.3. The van der Waals surface area contributed by atoms with Gasteiger partial charge in [0.25, 0.3) is 5.91 Å². The van der Waals surface area contributed by atoms with Crippen molar-refractivity contribution in [2.75, 3.05) is 13.1 Å². The van der Waals surface area contributed by atoms with Gasteiger partial charge < -0.3 is 10.0 Å². The van der Waals surface area contributed by atoms with Crippen molar-refractivity contribution >= 4 is 11.9 Å². The average molecular weight is 354 g/mol. The standard InChI is InChI=1S/C15H13F3N4O3/c16-15(17,18)11-7-21(6-10(11)14(24)25)13(23)12-19-8-22(20-12)9-4-2-1-3-5-9/h1-5,8,10-11H,6-7H2,(H,24,25)/t10-,11-/m1/s1. The molecular formula is C15H13F3N4O3. The third kappa shape index (κ3) is 3.32. The van der Waals surface area contributed by atoms with Gasteiger partial charge in [0.2, 0.25) is 5.82 Å². The fraction of sp³-hybridized carbons (Fsp3) is 0.333. The van der Waals surface area contributed by atoms with Crippen LogP contribution in [0.25, 0.3) is 5.69 Å². The fourth-order valence-electron chi connectivity index (χ4n) is 2.76. The van der Waals surface area contributed by atoms with Crippen molar-refractivity contribution in [3.8, 4) is 5.69 Å². The van der Waals surface area contributed by atoms with Crippen molar-refractivity contribution < 1.29 is 27.9 Å². The lowest BCUT2D eigenvalue weighted by molar-refractivity contribution is -0.187. The molecule has 7 nitrogen and oxygen atoms in total. The van der Waals surface area contributed by atoms with Gasteiger partial charge in [-0.2, -0.15) is 13.2 Å². The maximum Gasteiger partial charge on any atom is 0.394 e. The minimum absolute atomic E-state index is 0.282. The number of halogens is 3. The predicted octanol–water partition coefficient (Wildman–Crippen LogP) is 1.60. The molecule has 0 aliphatic carbocycles. The van der Waals surface area contributed by atoms with E-state index in [9.17, 15) is 22.8 Å². The molecule has 132 valence electrons. The fourth-order valence-corrected chi connectivity index (χ4v) is 2.76. The van der Waals surface area contributed by atoms with Crippen LogP contribution >= 0.6 is 0 Å². The van der Waals surface area contributed by atoms with Gasteiger partial charge in [-0.25, -0.2) is 9.67 Å². The Kier molecular flexibility index (Phi) is 4.19. The second-order valence-corrected chi connectivity index (χ2v) is 5.65. The molecule has 2 heterocycles. The predicted molar refractivity (Wildman–Crippen MR) is 77.9 cm³/mol. The van der Waals surface area contributed by atoms with E-state index in [1.54, 1.807) is 30.3 Å². The van der Waals surface area contributed by atoms with E-state index in [1.807, 2.05) is 0 Å². The summed E-state index contributed by atoms with van der Waals surface area (Å²) in [6, 6.07) is 8.74. The van der Waals surface area contributed by atoms with Crippen molar-refractivity contribution in [3.63, 3.8) is 0 Å². The number of rotatable bonds is 3. The molecule has 2 aromatic rings. The number of aliphatic carboxylic acids is 1. The van der Waals surface area contributed by atoms with Crippen molar-refractivity contribution in [1.82, 2.24) is 19.7 Å². The van der Waals surface area contributed by atoms with Crippen LogP contribution in [0.15, 0.2) is 36.7 Å². The van der Waals surface area contributed by atoms with Gasteiger partial charge in [-0.3, -0.25) is 9.59 Å². The molecule has 1 aromatic carbocycles. The number of hydrogen-bond acceptors (Lipinski definition) is 4. The molecule has 1 aliphatic rings. The van der Waals surface area contributed by atoms with E-state index >= 15 is 0 Å². The highest BCUT2D eigenvalue weighted by atomic mass is 19.4. The van der Waals surface area contributed by atoms with Gasteiger partial charge in [-0.15, -0.1) is 5.10 Å². The Labute approximate surface area is 139 Å². The van der Waals surface area contributed by atoms with E-state index in [0.717, 1.165) is 4.90 Å². The topological polar surface area (TPSA) is 88.3 Å². The van der Waals surface area contributed by atoms with Crippen molar-refractivity contribution in [2.45, 2.75) is 6.18 Å². The minimum atomic E-state index is -4.70. The summed E-state index contributed by atoms with van der Waals surface area (Å²) in [6.45, 7) is -1.25. The van der Waals surface area contributed by atoms with Crippen molar-refractivity contribution in [3.05, 3.63) is 42.5 Å². The lowest BCUT2D eigenvalue weighted by Gasteiger charge is -2.17. The van der Waals surface area contributed by atoms with Crippen molar-refractivity contribution in [1.29, 1.82) is 0 Å². The Balaban J connectivity index is 1.80. The number of carboxylic acids is 1. The van der Waals surface area contributed by atoms with Crippen LogP contribution in [-0.2, 0) is 4.79 Å². The molecule has 0 bridgehead atoms. The monoisotopic (exact) mass is 354 g/mol. The van der Waals surface area contributed by atoms with E-state index < -0.39 is 43.0 Å². The number of para-hydroxylation sites is 1. The molecule has 0 unspecified atom stereocenters. The van der Waals surface area contributed by atoms with Gasteiger partial charge in [-0.1, -0.05) is 18.2 Å². The van der Waals surface area contributed by atoms with Crippen LogP contribution in [-0.4, -0.2) is 55.9 Å². The molecule has 0 radical (unpaired) electrons. The molecule has 3 rings (SSSR count). The summed E-state index contributed by atoms with van der Waals surface area (Å²) in [4.78, 5) is 28.1. The van der Waals surface area contributed by atoms with Crippen LogP contribution in [0.5, 0.6) is 0 Å². The molecule has 1 saturated heterocycles. The number of carbonyl (C=O) groups is 2. The number of hydrogen-bond donors (Lipinski definition) is 1. The van der Waals surface area contributed by atoms with E-state index in [-0.39, 0.29) is 5.82 Å². The summed E-state index contributed by atoms with van der Waals surface area (Å²) in [5, 5.41) is 13.0. The smallest absolute Gasteiger partial charge is 0.394 e. The van der Waals surface area contributed by atoms with Crippen LogP contribution in [0.3, 0.4) is 0 Å². The average Bonchev–Trinajstić information content (AvgIpc) is 3.22. The molecule has 0 spiro atoms. The molecule has 2 atom stereocenters. The summed E-state index contributed by atoms with van der Waals surface area (Å²) in [6.07, 6.45) is -3.43. The highest BCUT2D eigenvalue weighted by Crippen LogP contribution is 2.38. The van der Waals surface area contributed by atoms with Gasteiger partial charge in [0, 0.05) is 13.1 Å². The second-order valence-electron chi connectivity index (χ2n) is 5.65. The van der Waals surface area contributed by atoms with Crippen molar-refractivity contribution in [2.24, 2.45) is 11.8 Å². The lowest BCUT2D eigenvalue weighted by Crippen LogP contribution is -2.34. The van der Waals surface area contributed by atoms with E-state index in [4.69, 9.17) is 5.11 Å². The largest absolute Gasteiger partial charge is 0.481 e. The third-order valence-electron chi connectivity index (χ3n) is 4.05. The van der Waals surface area contributed by atoms with Crippen LogP contribution < -0.4 is 0 Å². The second kappa shape index (κ2) is 6.19. The minimum Gasteiger partial charge on any atom is -0.481 e. The highest BCUT2D eigenvalue weighted by Gasteiger charge is 2.53. The normalized spacial score (nSPS) is 20.7. The molecule has 1 aromatic heterocycles.